The summed E-state index contributed by atoms with van der Waals surface area (Å²) in [5.74, 6) is 0.965. The average Bonchev–Trinajstić information content (AvgIpc) is 2.48. The first-order chi connectivity index (χ1) is 10.8. The van der Waals surface area contributed by atoms with Crippen molar-refractivity contribution < 1.29 is 4.79 Å². The first-order valence-electron chi connectivity index (χ1n) is 7.77. The lowest BCUT2D eigenvalue weighted by atomic mass is 10.0. The lowest BCUT2D eigenvalue weighted by Gasteiger charge is -2.23. The topological polar surface area (TPSA) is 46.1 Å². The molecule has 0 saturated heterocycles. The summed E-state index contributed by atoms with van der Waals surface area (Å²) in [6.45, 7) is 10.5. The molecule has 0 aliphatic heterocycles. The molecule has 4 nitrogen and oxygen atoms in total. The van der Waals surface area contributed by atoms with Crippen LogP contribution in [0.2, 0.25) is 0 Å². The number of carbonyl (C=O) groups is 1. The monoisotopic (exact) mass is 375 g/mol. The van der Waals surface area contributed by atoms with E-state index in [4.69, 9.17) is 0 Å². The maximum atomic E-state index is 11.7. The minimum Gasteiger partial charge on any atom is -0.310 e. The predicted octanol–water partition coefficient (Wildman–Crippen LogP) is 5.03. The van der Waals surface area contributed by atoms with Crippen LogP contribution in [0.25, 0.3) is 0 Å². The van der Waals surface area contributed by atoms with E-state index in [1.54, 1.807) is 6.07 Å². The Morgan fingerprint density at radius 2 is 1.96 bits per heavy atom. The number of nitrogens with zero attached hydrogens (tertiary/aromatic N) is 3. The van der Waals surface area contributed by atoms with Gasteiger partial charge in [0.2, 0.25) is 5.95 Å². The third kappa shape index (κ3) is 3.96. The third-order valence-electron chi connectivity index (χ3n) is 3.69. The highest BCUT2D eigenvalue weighted by molar-refractivity contribution is 9.10. The van der Waals surface area contributed by atoms with Gasteiger partial charge in [0.1, 0.15) is 5.69 Å². The van der Waals surface area contributed by atoms with Gasteiger partial charge in [0.15, 0.2) is 5.78 Å². The number of Topliss-reactive ketones (excluding diaryl/α,β-unsaturated/α-hetero) is 1. The summed E-state index contributed by atoms with van der Waals surface area (Å²) in [6, 6.07) is 8.04. The van der Waals surface area contributed by atoms with Crippen molar-refractivity contribution in [2.24, 2.45) is 0 Å². The Hall–Kier alpha value is -1.75. The van der Waals surface area contributed by atoms with Gasteiger partial charge in [-0.2, -0.15) is 0 Å². The first kappa shape index (κ1) is 17.6. The summed E-state index contributed by atoms with van der Waals surface area (Å²) in [5, 5.41) is 0. The van der Waals surface area contributed by atoms with Gasteiger partial charge >= 0.3 is 0 Å². The molecular formula is C18H22BrN3O. The molecule has 1 aromatic carbocycles. The fourth-order valence-electron chi connectivity index (χ4n) is 2.37. The highest BCUT2D eigenvalue weighted by Gasteiger charge is 2.16. The molecule has 0 radical (unpaired) electrons. The van der Waals surface area contributed by atoms with Crippen LogP contribution in [0.1, 0.15) is 55.4 Å². The maximum absolute atomic E-state index is 11.7. The molecular weight excluding hydrogens is 354 g/mol. The van der Waals surface area contributed by atoms with Gasteiger partial charge in [-0.25, -0.2) is 9.97 Å². The van der Waals surface area contributed by atoms with Gasteiger partial charge in [0, 0.05) is 23.6 Å². The zero-order valence-corrected chi connectivity index (χ0v) is 15.8. The van der Waals surface area contributed by atoms with Crippen LogP contribution in [0, 0.1) is 6.92 Å². The second-order valence-corrected chi connectivity index (χ2v) is 6.71. The van der Waals surface area contributed by atoms with E-state index in [1.165, 1.54) is 12.5 Å². The largest absolute Gasteiger partial charge is 0.310 e. The summed E-state index contributed by atoms with van der Waals surface area (Å²) < 4.78 is 1.00. The molecule has 122 valence electrons. The Morgan fingerprint density at radius 1 is 1.26 bits per heavy atom. The van der Waals surface area contributed by atoms with E-state index >= 15 is 0 Å². The molecule has 0 spiro atoms. The SMILES string of the molecule is CCN(c1nc(C)cc(C(C)=O)n1)c1ccc(C(C)C)cc1Br. The van der Waals surface area contributed by atoms with E-state index in [0.29, 0.717) is 24.1 Å². The minimum absolute atomic E-state index is 0.0537. The molecule has 0 amide bonds. The summed E-state index contributed by atoms with van der Waals surface area (Å²) >= 11 is 3.66. The number of hydrogen-bond donors (Lipinski definition) is 0. The Bertz CT molecular complexity index is 728. The Balaban J connectivity index is 2.50. The normalized spacial score (nSPS) is 10.9. The number of aryl methyl sites for hydroxylation is 1. The third-order valence-corrected chi connectivity index (χ3v) is 4.33. The van der Waals surface area contributed by atoms with Crippen LogP contribution >= 0.6 is 15.9 Å². The fourth-order valence-corrected chi connectivity index (χ4v) is 2.99. The molecule has 5 heteroatoms. The number of benzene rings is 1. The van der Waals surface area contributed by atoms with Crippen molar-refractivity contribution in [2.75, 3.05) is 11.4 Å². The molecule has 2 aromatic rings. The van der Waals surface area contributed by atoms with Crippen LogP contribution < -0.4 is 4.90 Å². The molecule has 1 heterocycles. The van der Waals surface area contributed by atoms with Gasteiger partial charge in [-0.15, -0.1) is 0 Å². The van der Waals surface area contributed by atoms with Crippen molar-refractivity contribution in [3.8, 4) is 0 Å². The van der Waals surface area contributed by atoms with E-state index in [0.717, 1.165) is 15.9 Å². The van der Waals surface area contributed by atoms with Gasteiger partial charge in [-0.05, 0) is 59.5 Å². The smallest absolute Gasteiger partial charge is 0.230 e. The van der Waals surface area contributed by atoms with Crippen molar-refractivity contribution >= 4 is 33.3 Å². The number of carbonyl (C=O) groups excluding carboxylic acids is 1. The van der Waals surface area contributed by atoms with Gasteiger partial charge in [-0.3, -0.25) is 4.79 Å². The number of hydrogen-bond acceptors (Lipinski definition) is 4. The van der Waals surface area contributed by atoms with Crippen LogP contribution in [0.5, 0.6) is 0 Å². The lowest BCUT2D eigenvalue weighted by Crippen LogP contribution is -2.21. The Kier molecular flexibility index (Phi) is 5.52. The van der Waals surface area contributed by atoms with Crippen LogP contribution in [0.15, 0.2) is 28.7 Å². The number of aromatic nitrogens is 2. The molecule has 0 fully saturated rings. The molecule has 2 rings (SSSR count). The molecule has 23 heavy (non-hydrogen) atoms. The van der Waals surface area contributed by atoms with Crippen molar-refractivity contribution in [3.05, 3.63) is 45.7 Å². The van der Waals surface area contributed by atoms with E-state index in [1.807, 2.05) is 18.7 Å². The minimum atomic E-state index is -0.0537. The quantitative estimate of drug-likeness (QED) is 0.687. The highest BCUT2D eigenvalue weighted by Crippen LogP contribution is 2.33. The van der Waals surface area contributed by atoms with Crippen LogP contribution in [-0.4, -0.2) is 22.3 Å². The van der Waals surface area contributed by atoms with Crippen molar-refractivity contribution in [1.82, 2.24) is 9.97 Å². The Labute approximate surface area is 146 Å². The standard InChI is InChI=1S/C18H22BrN3O/c1-6-22(17-8-7-14(11(2)3)10-15(17)19)18-20-12(4)9-16(21-18)13(5)23/h7-11H,6H2,1-5H3. The van der Waals surface area contributed by atoms with E-state index in [2.05, 4.69) is 57.9 Å². The van der Waals surface area contributed by atoms with Crippen LogP contribution in [0.4, 0.5) is 11.6 Å². The molecule has 0 bridgehead atoms. The molecule has 1 aromatic heterocycles. The van der Waals surface area contributed by atoms with E-state index < -0.39 is 0 Å². The fraction of sp³-hybridized carbons (Fsp3) is 0.389. The second kappa shape index (κ2) is 7.21. The van der Waals surface area contributed by atoms with Gasteiger partial charge in [0.25, 0.3) is 0 Å². The molecule has 0 N–H and O–H groups in total. The second-order valence-electron chi connectivity index (χ2n) is 5.86. The van der Waals surface area contributed by atoms with Crippen LogP contribution in [-0.2, 0) is 0 Å². The Morgan fingerprint density at radius 3 is 2.48 bits per heavy atom. The maximum Gasteiger partial charge on any atom is 0.230 e. The lowest BCUT2D eigenvalue weighted by molar-refractivity contribution is 0.101. The molecule has 0 unspecified atom stereocenters. The molecule has 0 aliphatic carbocycles. The van der Waals surface area contributed by atoms with Crippen molar-refractivity contribution in [3.63, 3.8) is 0 Å². The van der Waals surface area contributed by atoms with E-state index in [9.17, 15) is 4.79 Å². The first-order valence-corrected chi connectivity index (χ1v) is 8.56. The number of rotatable bonds is 5. The van der Waals surface area contributed by atoms with Crippen LogP contribution in [0.3, 0.4) is 0 Å². The molecule has 0 atom stereocenters. The van der Waals surface area contributed by atoms with Crippen molar-refractivity contribution in [1.29, 1.82) is 0 Å². The van der Waals surface area contributed by atoms with E-state index in [-0.39, 0.29) is 5.78 Å². The zero-order valence-electron chi connectivity index (χ0n) is 14.2. The van der Waals surface area contributed by atoms with Gasteiger partial charge in [-0.1, -0.05) is 19.9 Å². The molecule has 0 aliphatic rings. The number of anilines is 2. The zero-order chi connectivity index (χ0) is 17.1. The predicted molar refractivity (Wildman–Crippen MR) is 97.7 cm³/mol. The average molecular weight is 376 g/mol. The summed E-state index contributed by atoms with van der Waals surface area (Å²) in [6.07, 6.45) is 0. The van der Waals surface area contributed by atoms with Crippen molar-refractivity contribution in [2.45, 2.75) is 40.5 Å². The summed E-state index contributed by atoms with van der Waals surface area (Å²) in [7, 11) is 0. The summed E-state index contributed by atoms with van der Waals surface area (Å²) in [4.78, 5) is 22.6. The number of halogens is 1. The number of ketones is 1. The summed E-state index contributed by atoms with van der Waals surface area (Å²) in [5.41, 5.74) is 3.50. The van der Waals surface area contributed by atoms with Gasteiger partial charge in [0.05, 0.1) is 5.69 Å². The van der Waals surface area contributed by atoms with Gasteiger partial charge < -0.3 is 4.90 Å². The highest BCUT2D eigenvalue weighted by atomic mass is 79.9. The molecule has 0 saturated carbocycles.